The van der Waals surface area contributed by atoms with Crippen molar-refractivity contribution < 1.29 is 24.2 Å². The molecule has 0 radical (unpaired) electrons. The molecule has 1 fully saturated rings. The summed E-state index contributed by atoms with van der Waals surface area (Å²) in [5, 5.41) is 14.6. The van der Waals surface area contributed by atoms with Gasteiger partial charge in [0.05, 0.1) is 18.1 Å². The van der Waals surface area contributed by atoms with E-state index in [9.17, 15) is 14.4 Å². The summed E-state index contributed by atoms with van der Waals surface area (Å²) in [6.07, 6.45) is 2.54. The van der Waals surface area contributed by atoms with E-state index in [1.807, 2.05) is 0 Å². The van der Waals surface area contributed by atoms with Gasteiger partial charge >= 0.3 is 18.0 Å². The molecule has 3 N–H and O–H groups in total. The molecule has 7 heteroatoms. The van der Waals surface area contributed by atoms with Crippen LogP contribution in [0.4, 0.5) is 4.79 Å². The Morgan fingerprint density at radius 1 is 1.12 bits per heavy atom. The highest BCUT2D eigenvalue weighted by Crippen LogP contribution is 2.24. The zero-order valence-corrected chi connectivity index (χ0v) is 14.3. The molecule has 0 atom stereocenters. The average Bonchev–Trinajstić information content (AvgIpc) is 2.61. The van der Waals surface area contributed by atoms with Crippen LogP contribution in [0.25, 0.3) is 0 Å². The predicted molar refractivity (Wildman–Crippen MR) is 91.2 cm³/mol. The van der Waals surface area contributed by atoms with Crippen LogP contribution in [0.15, 0.2) is 24.3 Å². The number of carboxylic acid groups (broad SMARTS) is 1. The van der Waals surface area contributed by atoms with Crippen LogP contribution in [0.3, 0.4) is 0 Å². The standard InChI is InChI=1S/C18H24N2O5/c1-2-25-17(23)14-5-3-12(4-6-14)11-19-18(24)20-15-9-7-13(8-10-15)16(21)22/h3-6,13,15H,2,7-11H2,1H3,(H,21,22)(H2,19,20,24). The maximum Gasteiger partial charge on any atom is 0.338 e. The number of carbonyl (C=O) groups is 3. The lowest BCUT2D eigenvalue weighted by Crippen LogP contribution is -2.43. The van der Waals surface area contributed by atoms with Crippen molar-refractivity contribution in [3.05, 3.63) is 35.4 Å². The third kappa shape index (κ3) is 5.77. The Hall–Kier alpha value is -2.57. The van der Waals surface area contributed by atoms with Gasteiger partial charge in [0, 0.05) is 12.6 Å². The summed E-state index contributed by atoms with van der Waals surface area (Å²) in [6, 6.07) is 6.62. The van der Waals surface area contributed by atoms with E-state index < -0.39 is 5.97 Å². The molecule has 1 aromatic carbocycles. The molecule has 1 aliphatic rings. The van der Waals surface area contributed by atoms with Gasteiger partial charge in [0.25, 0.3) is 0 Å². The fourth-order valence-corrected chi connectivity index (χ4v) is 2.88. The van der Waals surface area contributed by atoms with E-state index in [1.54, 1.807) is 31.2 Å². The van der Waals surface area contributed by atoms with E-state index in [4.69, 9.17) is 9.84 Å². The first-order chi connectivity index (χ1) is 12.0. The summed E-state index contributed by atoms with van der Waals surface area (Å²) in [6.45, 7) is 2.43. The van der Waals surface area contributed by atoms with Gasteiger partial charge in [-0.3, -0.25) is 4.79 Å². The molecule has 0 heterocycles. The topological polar surface area (TPSA) is 105 Å². The number of ether oxygens (including phenoxy) is 1. The molecule has 2 amide bonds. The van der Waals surface area contributed by atoms with Crippen LogP contribution < -0.4 is 10.6 Å². The van der Waals surface area contributed by atoms with Crippen molar-refractivity contribution in [1.29, 1.82) is 0 Å². The normalized spacial score (nSPS) is 19.7. The maximum atomic E-state index is 11.9. The SMILES string of the molecule is CCOC(=O)c1ccc(CNC(=O)NC2CCC(C(=O)O)CC2)cc1. The van der Waals surface area contributed by atoms with Crippen LogP contribution in [0.5, 0.6) is 0 Å². The number of amides is 2. The maximum absolute atomic E-state index is 11.9. The molecule has 0 aromatic heterocycles. The van der Waals surface area contributed by atoms with E-state index in [0.717, 1.165) is 5.56 Å². The van der Waals surface area contributed by atoms with Crippen molar-refractivity contribution in [1.82, 2.24) is 10.6 Å². The summed E-state index contributed by atoms with van der Waals surface area (Å²) in [5.41, 5.74) is 1.35. The van der Waals surface area contributed by atoms with Gasteiger partial charge in [-0.2, -0.15) is 0 Å². The van der Waals surface area contributed by atoms with Gasteiger partial charge in [-0.15, -0.1) is 0 Å². The fraction of sp³-hybridized carbons (Fsp3) is 0.500. The number of aliphatic carboxylic acids is 1. The lowest BCUT2D eigenvalue weighted by atomic mass is 9.86. The van der Waals surface area contributed by atoms with Crippen LogP contribution in [0, 0.1) is 5.92 Å². The molecule has 136 valence electrons. The zero-order valence-electron chi connectivity index (χ0n) is 14.3. The average molecular weight is 348 g/mol. The quantitative estimate of drug-likeness (QED) is 0.684. The number of urea groups is 1. The molecular formula is C18H24N2O5. The minimum Gasteiger partial charge on any atom is -0.481 e. The highest BCUT2D eigenvalue weighted by Gasteiger charge is 2.26. The second kappa shape index (κ2) is 9.05. The molecule has 25 heavy (non-hydrogen) atoms. The monoisotopic (exact) mass is 348 g/mol. The molecule has 0 saturated heterocycles. The third-order valence-electron chi connectivity index (χ3n) is 4.33. The Bertz CT molecular complexity index is 606. The van der Waals surface area contributed by atoms with Crippen molar-refractivity contribution in [2.75, 3.05) is 6.61 Å². The second-order valence-corrected chi connectivity index (χ2v) is 6.13. The minimum absolute atomic E-state index is 0.0155. The lowest BCUT2D eigenvalue weighted by Gasteiger charge is -2.26. The second-order valence-electron chi connectivity index (χ2n) is 6.13. The minimum atomic E-state index is -0.755. The fourth-order valence-electron chi connectivity index (χ4n) is 2.88. The largest absolute Gasteiger partial charge is 0.481 e. The van der Waals surface area contributed by atoms with Crippen LogP contribution in [0.1, 0.15) is 48.5 Å². The predicted octanol–water partition coefficient (Wildman–Crippen LogP) is 2.31. The highest BCUT2D eigenvalue weighted by molar-refractivity contribution is 5.89. The first-order valence-electron chi connectivity index (χ1n) is 8.52. The van der Waals surface area contributed by atoms with Crippen LogP contribution in [0.2, 0.25) is 0 Å². The van der Waals surface area contributed by atoms with Crippen LogP contribution >= 0.6 is 0 Å². The first-order valence-corrected chi connectivity index (χ1v) is 8.52. The van der Waals surface area contributed by atoms with Crippen LogP contribution in [-0.2, 0) is 16.1 Å². The van der Waals surface area contributed by atoms with E-state index >= 15 is 0 Å². The van der Waals surface area contributed by atoms with Gasteiger partial charge in [0.15, 0.2) is 0 Å². The van der Waals surface area contributed by atoms with Gasteiger partial charge in [0.1, 0.15) is 0 Å². The number of benzene rings is 1. The summed E-state index contributed by atoms with van der Waals surface area (Å²) in [5.74, 6) is -1.41. The van der Waals surface area contributed by atoms with Gasteiger partial charge < -0.3 is 20.5 Å². The molecule has 1 saturated carbocycles. The first kappa shape index (κ1) is 18.8. The highest BCUT2D eigenvalue weighted by atomic mass is 16.5. The molecule has 0 spiro atoms. The summed E-state index contributed by atoms with van der Waals surface area (Å²) in [7, 11) is 0. The van der Waals surface area contributed by atoms with Gasteiger partial charge in [-0.25, -0.2) is 9.59 Å². The smallest absolute Gasteiger partial charge is 0.338 e. The van der Waals surface area contributed by atoms with Gasteiger partial charge in [0.2, 0.25) is 0 Å². The molecule has 0 aliphatic heterocycles. The number of rotatable bonds is 6. The Labute approximate surface area is 146 Å². The van der Waals surface area contributed by atoms with E-state index in [2.05, 4.69) is 10.6 Å². The Morgan fingerprint density at radius 3 is 2.32 bits per heavy atom. The number of esters is 1. The van der Waals surface area contributed by atoms with Crippen molar-refractivity contribution >= 4 is 18.0 Å². The lowest BCUT2D eigenvalue weighted by molar-refractivity contribution is -0.142. The Balaban J connectivity index is 1.73. The van der Waals surface area contributed by atoms with Gasteiger partial charge in [-0.1, -0.05) is 12.1 Å². The Morgan fingerprint density at radius 2 is 1.76 bits per heavy atom. The Kier molecular flexibility index (Phi) is 6.80. The molecule has 7 nitrogen and oxygen atoms in total. The molecule has 0 unspecified atom stereocenters. The van der Waals surface area contributed by atoms with Crippen molar-refractivity contribution in [3.8, 4) is 0 Å². The number of nitrogens with one attached hydrogen (secondary N) is 2. The van der Waals surface area contributed by atoms with E-state index in [0.29, 0.717) is 44.4 Å². The molecule has 2 rings (SSSR count). The molecule has 1 aliphatic carbocycles. The molecule has 1 aromatic rings. The third-order valence-corrected chi connectivity index (χ3v) is 4.33. The number of hydrogen-bond donors (Lipinski definition) is 3. The van der Waals surface area contributed by atoms with Gasteiger partial charge in [-0.05, 0) is 50.3 Å². The van der Waals surface area contributed by atoms with E-state index in [1.165, 1.54) is 0 Å². The zero-order chi connectivity index (χ0) is 18.2. The van der Waals surface area contributed by atoms with Crippen molar-refractivity contribution in [3.63, 3.8) is 0 Å². The van der Waals surface area contributed by atoms with E-state index in [-0.39, 0.29) is 24.0 Å². The van der Waals surface area contributed by atoms with Crippen molar-refractivity contribution in [2.24, 2.45) is 5.92 Å². The molecular weight excluding hydrogens is 324 g/mol. The number of carboxylic acids is 1. The summed E-state index contributed by atoms with van der Waals surface area (Å²) in [4.78, 5) is 34.4. The van der Waals surface area contributed by atoms with Crippen LogP contribution in [-0.4, -0.2) is 35.7 Å². The number of hydrogen-bond acceptors (Lipinski definition) is 4. The van der Waals surface area contributed by atoms with Crippen molar-refractivity contribution in [2.45, 2.75) is 45.2 Å². The molecule has 0 bridgehead atoms. The summed E-state index contributed by atoms with van der Waals surface area (Å²) < 4.78 is 4.92. The summed E-state index contributed by atoms with van der Waals surface area (Å²) >= 11 is 0. The number of carbonyl (C=O) groups excluding carboxylic acids is 2.